The summed E-state index contributed by atoms with van der Waals surface area (Å²) in [5, 5.41) is 36.7. The number of likely N-dealkylation sites (tertiary alicyclic amines) is 1. The van der Waals surface area contributed by atoms with E-state index in [0.717, 1.165) is 100 Å². The lowest BCUT2D eigenvalue weighted by Gasteiger charge is -2.48. The summed E-state index contributed by atoms with van der Waals surface area (Å²) in [6, 6.07) is 13.0. The van der Waals surface area contributed by atoms with Gasteiger partial charge in [-0.1, -0.05) is 12.2 Å². The fourth-order valence-electron chi connectivity index (χ4n) is 12.9. The third-order valence-electron chi connectivity index (χ3n) is 17.2. The van der Waals surface area contributed by atoms with Crippen LogP contribution in [0.1, 0.15) is 96.4 Å². The normalized spacial score (nSPS) is 32.1. The standard InChI is InChI=1S/C51H69FN12O5/c1-50(69)18-3-2-4-23-62-47(67)39-31-53-49(57-45(39)64(62)42-7-5-6-41(50)55-42)54-34-8-10-35(11-9-34)61-28-21-51(22-29-61)19-26-59(27-20-51)32-33-16-24-60(25-17-33)36-12-13-37-38(30-36)44(52)58-63(48(37)68)40-14-15-43(65)56-46(40)66/h2,4,8-13,30,33,39-42,45,49,53-55,57,69H,3,5-7,14-29,31-32H2,1H3,(H,56,65,66)/b4-2-/t39?,40?,41?,42?,45?,49?,50-/m1/s1. The van der Waals surface area contributed by atoms with Gasteiger partial charge in [-0.2, -0.15) is 9.40 Å². The van der Waals surface area contributed by atoms with Gasteiger partial charge in [0.2, 0.25) is 17.8 Å². The van der Waals surface area contributed by atoms with Crippen LogP contribution in [0.2, 0.25) is 0 Å². The number of hydrazine groups is 1. The quantitative estimate of drug-likeness (QED) is 0.149. The van der Waals surface area contributed by atoms with E-state index in [1.807, 2.05) is 18.0 Å². The van der Waals surface area contributed by atoms with Gasteiger partial charge in [-0.25, -0.2) is 4.68 Å². The molecule has 6 N–H and O–H groups in total. The number of aliphatic hydroxyl groups is 1. The van der Waals surface area contributed by atoms with Crippen molar-refractivity contribution in [2.45, 2.75) is 127 Å². The van der Waals surface area contributed by atoms with Gasteiger partial charge in [0.15, 0.2) is 0 Å². The Balaban J connectivity index is 0.635. The molecule has 7 saturated heterocycles. The molecule has 8 aliphatic heterocycles. The van der Waals surface area contributed by atoms with Crippen LogP contribution >= 0.6 is 0 Å². The second kappa shape index (κ2) is 19.0. The van der Waals surface area contributed by atoms with Crippen molar-refractivity contribution in [2.24, 2.45) is 17.3 Å². The van der Waals surface area contributed by atoms with Gasteiger partial charge in [-0.15, -0.1) is 5.10 Å². The van der Waals surface area contributed by atoms with E-state index in [0.29, 0.717) is 30.8 Å². The molecule has 7 fully saturated rings. The molecule has 69 heavy (non-hydrogen) atoms. The van der Waals surface area contributed by atoms with Crippen molar-refractivity contribution in [3.05, 3.63) is 70.9 Å². The van der Waals surface area contributed by atoms with Crippen molar-refractivity contribution < 1.29 is 23.9 Å². The minimum absolute atomic E-state index is 0.0234. The molecular weight excluding hydrogens is 880 g/mol. The molecule has 3 aromatic rings. The van der Waals surface area contributed by atoms with E-state index >= 15 is 4.39 Å². The summed E-state index contributed by atoms with van der Waals surface area (Å²) in [5.74, 6) is -1.30. The average Bonchev–Trinajstić information content (AvgIpc) is 3.63. The van der Waals surface area contributed by atoms with E-state index in [1.165, 1.54) is 31.4 Å². The number of nitrogens with zero attached hydrogens (tertiary/aromatic N) is 7. The highest BCUT2D eigenvalue weighted by Gasteiger charge is 2.53. The fourth-order valence-corrected chi connectivity index (χ4v) is 12.9. The summed E-state index contributed by atoms with van der Waals surface area (Å²) in [5.41, 5.74) is 2.20. The van der Waals surface area contributed by atoms with Gasteiger partial charge in [0, 0.05) is 74.2 Å². The minimum atomic E-state index is -1.01. The Morgan fingerprint density at radius 3 is 2.33 bits per heavy atom. The van der Waals surface area contributed by atoms with Crippen molar-refractivity contribution >= 4 is 45.6 Å². The lowest BCUT2D eigenvalue weighted by molar-refractivity contribution is -0.146. The predicted octanol–water partition coefficient (Wildman–Crippen LogP) is 3.57. The number of aromatic nitrogens is 2. The maximum absolute atomic E-state index is 15.4. The largest absolute Gasteiger partial charge is 0.389 e. The lowest BCUT2D eigenvalue weighted by atomic mass is 9.71. The summed E-state index contributed by atoms with van der Waals surface area (Å²) < 4.78 is 16.3. The number of piperidine rings is 5. The molecule has 0 saturated carbocycles. The molecule has 2 bridgehead atoms. The molecule has 17 nitrogen and oxygen atoms in total. The van der Waals surface area contributed by atoms with E-state index in [2.05, 4.69) is 87.8 Å². The number of rotatable bonds is 7. The van der Waals surface area contributed by atoms with Crippen LogP contribution in [0.15, 0.2) is 59.4 Å². The van der Waals surface area contributed by atoms with Crippen LogP contribution in [0.5, 0.6) is 0 Å². The maximum atomic E-state index is 15.4. The summed E-state index contributed by atoms with van der Waals surface area (Å²) >= 11 is 0. The lowest BCUT2D eigenvalue weighted by Crippen LogP contribution is -2.69. The van der Waals surface area contributed by atoms with Gasteiger partial charge >= 0.3 is 0 Å². The zero-order valence-electron chi connectivity index (χ0n) is 39.9. The molecule has 6 unspecified atom stereocenters. The van der Waals surface area contributed by atoms with Gasteiger partial charge in [0.05, 0.1) is 35.8 Å². The molecule has 1 aromatic heterocycles. The number of carbonyl (C=O) groups is 3. The summed E-state index contributed by atoms with van der Waals surface area (Å²) in [6.07, 6.45) is 15.3. The first kappa shape index (κ1) is 46.4. The number of amides is 3. The molecule has 9 heterocycles. The number of hydrogen-bond donors (Lipinski definition) is 6. The highest BCUT2D eigenvalue weighted by molar-refractivity contribution is 5.99. The number of imide groups is 1. The van der Waals surface area contributed by atoms with Gasteiger partial charge in [-0.3, -0.25) is 45.5 Å². The predicted molar refractivity (Wildman–Crippen MR) is 261 cm³/mol. The SMILES string of the molecule is C[C@@]1(O)CC/C=C\CN2C(=O)C3CNC(Nc4ccc(N5CCC6(CCN(CC7CCN(c8ccc9c(=O)n(C%10CCC(=O)NC%10=O)nc(F)c9c8)CC7)CC6)CC5)cc4)NC3N2C2CCCC1N2. The number of fused-ring (bicyclic) bond motifs is 7. The number of carbonyl (C=O) groups excluding carboxylic acids is 3. The minimum Gasteiger partial charge on any atom is -0.389 e. The van der Waals surface area contributed by atoms with E-state index in [9.17, 15) is 24.3 Å². The van der Waals surface area contributed by atoms with Gasteiger partial charge in [0.25, 0.3) is 11.5 Å². The van der Waals surface area contributed by atoms with Crippen LogP contribution in [0.25, 0.3) is 10.8 Å². The molecule has 0 radical (unpaired) electrons. The Morgan fingerprint density at radius 2 is 1.57 bits per heavy atom. The van der Waals surface area contributed by atoms with Crippen LogP contribution in [0, 0.1) is 23.2 Å². The second-order valence-corrected chi connectivity index (χ2v) is 21.5. The molecule has 1 spiro atoms. The van der Waals surface area contributed by atoms with E-state index in [4.69, 9.17) is 0 Å². The summed E-state index contributed by atoms with van der Waals surface area (Å²) in [6.45, 7) is 10.3. The molecule has 11 rings (SSSR count). The molecule has 0 aliphatic carbocycles. The molecule has 2 aromatic carbocycles. The zero-order chi connectivity index (χ0) is 47.4. The van der Waals surface area contributed by atoms with Crippen LogP contribution in [0.3, 0.4) is 0 Å². The molecule has 3 amide bonds. The van der Waals surface area contributed by atoms with Crippen molar-refractivity contribution in [3.63, 3.8) is 0 Å². The highest BCUT2D eigenvalue weighted by Crippen LogP contribution is 2.43. The summed E-state index contributed by atoms with van der Waals surface area (Å²) in [4.78, 5) is 58.6. The van der Waals surface area contributed by atoms with Crippen LogP contribution in [0.4, 0.5) is 21.5 Å². The Morgan fingerprint density at radius 1 is 0.826 bits per heavy atom. The fraction of sp³-hybridized carbons (Fsp3) is 0.627. The Labute approximate surface area is 403 Å². The van der Waals surface area contributed by atoms with E-state index in [1.54, 1.807) is 12.1 Å². The Kier molecular flexibility index (Phi) is 12.8. The number of halogens is 1. The highest BCUT2D eigenvalue weighted by atomic mass is 19.1. The van der Waals surface area contributed by atoms with Crippen molar-refractivity contribution in [1.29, 1.82) is 0 Å². The zero-order valence-corrected chi connectivity index (χ0v) is 39.9. The molecule has 370 valence electrons. The van der Waals surface area contributed by atoms with Crippen LogP contribution in [-0.4, -0.2) is 137 Å². The molecular formula is C51H69FN12O5. The first-order valence-corrected chi connectivity index (χ1v) is 25.8. The topological polar surface area (TPSA) is 183 Å². The Bertz CT molecular complexity index is 2490. The third-order valence-corrected chi connectivity index (χ3v) is 17.2. The summed E-state index contributed by atoms with van der Waals surface area (Å²) in [7, 11) is 0. The first-order valence-electron chi connectivity index (χ1n) is 25.8. The number of nitrogens with one attached hydrogen (secondary N) is 5. The van der Waals surface area contributed by atoms with Crippen molar-refractivity contribution in [3.8, 4) is 0 Å². The van der Waals surface area contributed by atoms with E-state index in [-0.39, 0.29) is 60.1 Å². The number of benzene rings is 2. The van der Waals surface area contributed by atoms with E-state index < -0.39 is 35.0 Å². The third kappa shape index (κ3) is 9.28. The van der Waals surface area contributed by atoms with Gasteiger partial charge < -0.3 is 25.1 Å². The number of anilines is 3. The molecule has 18 heteroatoms. The smallest absolute Gasteiger partial charge is 0.275 e. The van der Waals surface area contributed by atoms with Gasteiger partial charge in [-0.05, 0) is 151 Å². The Hall–Kier alpha value is -4.98. The van der Waals surface area contributed by atoms with Gasteiger partial charge in [0.1, 0.15) is 12.3 Å². The maximum Gasteiger partial charge on any atom is 0.275 e. The van der Waals surface area contributed by atoms with Crippen molar-refractivity contribution in [1.82, 2.24) is 46.0 Å². The van der Waals surface area contributed by atoms with Crippen LogP contribution in [-0.2, 0) is 14.4 Å². The molecule has 7 atom stereocenters. The second-order valence-electron chi connectivity index (χ2n) is 21.5. The number of hydrogen-bond acceptors (Lipinski definition) is 14. The van der Waals surface area contributed by atoms with Crippen LogP contribution < -0.4 is 41.9 Å². The number of allylic oxidation sites excluding steroid dienone is 1. The van der Waals surface area contributed by atoms with Crippen molar-refractivity contribution in [2.75, 3.05) is 74.0 Å². The first-order chi connectivity index (χ1) is 33.4. The average molecular weight is 949 g/mol. The molecule has 8 aliphatic rings. The monoisotopic (exact) mass is 949 g/mol.